The molecule has 0 N–H and O–H groups in total. The molecule has 1 rings (SSSR count). The van der Waals surface area contributed by atoms with Crippen LogP contribution in [0.3, 0.4) is 0 Å². The summed E-state index contributed by atoms with van der Waals surface area (Å²) < 4.78 is 0. The molecule has 0 unspecified atom stereocenters. The minimum atomic E-state index is -0.701. The summed E-state index contributed by atoms with van der Waals surface area (Å²) in [5.41, 5.74) is 0. The third-order valence-corrected chi connectivity index (χ3v) is 2.16. The van der Waals surface area contributed by atoms with Gasteiger partial charge in [0.25, 0.3) is 5.09 Å². The largest absolute Gasteiger partial charge is 0.310 e. The van der Waals surface area contributed by atoms with Crippen LogP contribution in [0.2, 0.25) is 0 Å². The van der Waals surface area contributed by atoms with Gasteiger partial charge in [-0.05, 0) is 12.8 Å². The predicted octanol–water partition coefficient (Wildman–Crippen LogP) is 0.845. The molecule has 0 radical (unpaired) electrons. The van der Waals surface area contributed by atoms with Gasteiger partial charge in [-0.25, -0.2) is 0 Å². The number of hydrogen-bond donors (Lipinski definition) is 0. The predicted molar refractivity (Wildman–Crippen MR) is 47.7 cm³/mol. The monoisotopic (exact) mass is 186 g/mol. The fraction of sp³-hybridized carbons (Fsp3) is 0.750. The normalized spacial score (nSPS) is 19.7. The van der Waals surface area contributed by atoms with Crippen molar-refractivity contribution >= 4 is 0 Å². The van der Waals surface area contributed by atoms with Crippen LogP contribution < -0.4 is 0 Å². The van der Waals surface area contributed by atoms with E-state index < -0.39 is 5.09 Å². The summed E-state index contributed by atoms with van der Waals surface area (Å²) in [5.74, 6) is 0. The van der Waals surface area contributed by atoms with Crippen molar-refractivity contribution in [2.75, 3.05) is 19.6 Å². The molecule has 0 bridgehead atoms. The average Bonchev–Trinajstić information content (AvgIpc) is 2.08. The van der Waals surface area contributed by atoms with Crippen molar-refractivity contribution in [1.29, 1.82) is 0 Å². The number of hydrogen-bond acceptors (Lipinski definition) is 4. The highest BCUT2D eigenvalue weighted by atomic mass is 17.0. The Morgan fingerprint density at radius 1 is 1.62 bits per heavy atom. The summed E-state index contributed by atoms with van der Waals surface area (Å²) in [6.45, 7) is 6.20. The molecule has 0 aromatic carbocycles. The molecular weight excluding hydrogens is 172 g/mol. The van der Waals surface area contributed by atoms with E-state index in [0.717, 1.165) is 32.5 Å². The van der Waals surface area contributed by atoms with E-state index in [4.69, 9.17) is 0 Å². The number of nitrogens with zero attached hydrogens (tertiary/aromatic N) is 2. The fourth-order valence-electron chi connectivity index (χ4n) is 1.50. The standard InChI is InChI=1S/C8H14N2O3/c1-2-5-9-6-3-8(4-7-9)13-10(11)12/h2,8H,1,3-7H2. The summed E-state index contributed by atoms with van der Waals surface area (Å²) in [5, 5.41) is 9.33. The lowest BCUT2D eigenvalue weighted by molar-refractivity contribution is -0.769. The molecule has 0 aliphatic carbocycles. The molecule has 1 aliphatic rings. The molecule has 0 atom stereocenters. The van der Waals surface area contributed by atoms with Crippen molar-refractivity contribution in [1.82, 2.24) is 4.90 Å². The number of likely N-dealkylation sites (tertiary alicyclic amines) is 1. The van der Waals surface area contributed by atoms with Gasteiger partial charge in [-0.1, -0.05) is 6.08 Å². The Balaban J connectivity index is 2.22. The van der Waals surface area contributed by atoms with Crippen molar-refractivity contribution in [2.45, 2.75) is 18.9 Å². The Bertz CT molecular complexity index is 188. The Morgan fingerprint density at radius 2 is 2.23 bits per heavy atom. The minimum absolute atomic E-state index is 0.212. The van der Waals surface area contributed by atoms with Gasteiger partial charge in [-0.15, -0.1) is 16.7 Å². The minimum Gasteiger partial charge on any atom is -0.310 e. The zero-order valence-electron chi connectivity index (χ0n) is 7.52. The van der Waals surface area contributed by atoms with Crippen LogP contribution in [0.1, 0.15) is 12.8 Å². The van der Waals surface area contributed by atoms with Crippen LogP contribution in [0.5, 0.6) is 0 Å². The lowest BCUT2D eigenvalue weighted by Gasteiger charge is -2.29. The van der Waals surface area contributed by atoms with Crippen LogP contribution >= 0.6 is 0 Å². The molecule has 0 spiro atoms. The maximum Gasteiger partial charge on any atom is 0.294 e. The topological polar surface area (TPSA) is 55.6 Å². The van der Waals surface area contributed by atoms with Gasteiger partial charge in [0.1, 0.15) is 6.10 Å². The first-order valence-electron chi connectivity index (χ1n) is 4.37. The van der Waals surface area contributed by atoms with Crippen molar-refractivity contribution in [3.8, 4) is 0 Å². The van der Waals surface area contributed by atoms with Crippen molar-refractivity contribution in [3.05, 3.63) is 22.8 Å². The SMILES string of the molecule is C=CCN1CCC(O[N+](=O)[O-])CC1. The molecule has 74 valence electrons. The van der Waals surface area contributed by atoms with Crippen LogP contribution in [0.4, 0.5) is 0 Å². The van der Waals surface area contributed by atoms with Crippen LogP contribution in [0, 0.1) is 10.1 Å². The van der Waals surface area contributed by atoms with E-state index in [9.17, 15) is 10.1 Å². The Hall–Kier alpha value is -1.10. The second kappa shape index (κ2) is 4.81. The smallest absolute Gasteiger partial charge is 0.294 e. The number of piperidine rings is 1. The highest BCUT2D eigenvalue weighted by molar-refractivity contribution is 4.78. The van der Waals surface area contributed by atoms with Crippen LogP contribution in [-0.2, 0) is 4.84 Å². The van der Waals surface area contributed by atoms with Gasteiger partial charge in [0, 0.05) is 19.6 Å². The fourth-order valence-corrected chi connectivity index (χ4v) is 1.50. The molecular formula is C8H14N2O3. The molecule has 5 nitrogen and oxygen atoms in total. The molecule has 1 aliphatic heterocycles. The highest BCUT2D eigenvalue weighted by Gasteiger charge is 2.20. The van der Waals surface area contributed by atoms with Crippen LogP contribution in [0.15, 0.2) is 12.7 Å². The molecule has 0 saturated carbocycles. The van der Waals surface area contributed by atoms with Crippen molar-refractivity contribution < 1.29 is 9.92 Å². The molecule has 0 aromatic heterocycles. The maximum absolute atomic E-state index is 10.0. The maximum atomic E-state index is 10.0. The van der Waals surface area contributed by atoms with Gasteiger partial charge in [-0.3, -0.25) is 4.90 Å². The van der Waals surface area contributed by atoms with Gasteiger partial charge < -0.3 is 4.84 Å². The first-order valence-corrected chi connectivity index (χ1v) is 4.37. The Labute approximate surface area is 77.1 Å². The van der Waals surface area contributed by atoms with Crippen LogP contribution in [-0.4, -0.2) is 35.7 Å². The third-order valence-electron chi connectivity index (χ3n) is 2.16. The van der Waals surface area contributed by atoms with Crippen molar-refractivity contribution in [3.63, 3.8) is 0 Å². The van der Waals surface area contributed by atoms with E-state index in [2.05, 4.69) is 16.3 Å². The summed E-state index contributed by atoms with van der Waals surface area (Å²) in [6.07, 6.45) is 3.09. The highest BCUT2D eigenvalue weighted by Crippen LogP contribution is 2.13. The summed E-state index contributed by atoms with van der Waals surface area (Å²) >= 11 is 0. The second-order valence-corrected chi connectivity index (χ2v) is 3.12. The van der Waals surface area contributed by atoms with Gasteiger partial charge in [0.15, 0.2) is 0 Å². The van der Waals surface area contributed by atoms with E-state index in [1.807, 2.05) is 6.08 Å². The van der Waals surface area contributed by atoms with E-state index in [1.165, 1.54) is 0 Å². The summed E-state index contributed by atoms with van der Waals surface area (Å²) in [6, 6.07) is 0. The van der Waals surface area contributed by atoms with E-state index in [-0.39, 0.29) is 6.10 Å². The van der Waals surface area contributed by atoms with E-state index in [1.54, 1.807) is 0 Å². The second-order valence-electron chi connectivity index (χ2n) is 3.12. The molecule has 0 amide bonds. The van der Waals surface area contributed by atoms with Gasteiger partial charge in [0.2, 0.25) is 0 Å². The molecule has 13 heavy (non-hydrogen) atoms. The first kappa shape index (κ1) is 9.98. The molecule has 5 heteroatoms. The Kier molecular flexibility index (Phi) is 3.70. The zero-order chi connectivity index (χ0) is 9.68. The first-order chi connectivity index (χ1) is 6.22. The summed E-state index contributed by atoms with van der Waals surface area (Å²) in [7, 11) is 0. The van der Waals surface area contributed by atoms with Gasteiger partial charge in [-0.2, -0.15) is 0 Å². The van der Waals surface area contributed by atoms with Crippen LogP contribution in [0.25, 0.3) is 0 Å². The van der Waals surface area contributed by atoms with E-state index in [0.29, 0.717) is 0 Å². The van der Waals surface area contributed by atoms with E-state index >= 15 is 0 Å². The zero-order valence-corrected chi connectivity index (χ0v) is 7.52. The van der Waals surface area contributed by atoms with Gasteiger partial charge >= 0.3 is 0 Å². The van der Waals surface area contributed by atoms with Crippen molar-refractivity contribution in [2.24, 2.45) is 0 Å². The Morgan fingerprint density at radius 3 is 2.69 bits per heavy atom. The molecule has 0 aromatic rings. The molecule has 1 heterocycles. The quantitative estimate of drug-likeness (QED) is 0.371. The summed E-state index contributed by atoms with van der Waals surface area (Å²) in [4.78, 5) is 16.7. The number of rotatable bonds is 4. The molecule has 1 fully saturated rings. The average molecular weight is 186 g/mol. The third kappa shape index (κ3) is 3.42. The lowest BCUT2D eigenvalue weighted by atomic mass is 10.1. The lowest BCUT2D eigenvalue weighted by Crippen LogP contribution is -2.37. The van der Waals surface area contributed by atoms with Gasteiger partial charge in [0.05, 0.1) is 0 Å². The molecule has 1 saturated heterocycles.